The van der Waals surface area contributed by atoms with E-state index in [-0.39, 0.29) is 0 Å². The van der Waals surface area contributed by atoms with E-state index >= 15 is 0 Å². The van der Waals surface area contributed by atoms with E-state index in [9.17, 15) is 4.79 Å². The number of aromatic amines is 1. The minimum atomic E-state index is -0.472. The molecule has 6 heteroatoms. The minimum Gasteiger partial charge on any atom is -0.408 e. The second-order valence-electron chi connectivity index (χ2n) is 4.33. The number of aromatic nitrogens is 1. The van der Waals surface area contributed by atoms with Gasteiger partial charge in [-0.25, -0.2) is 4.79 Å². The summed E-state index contributed by atoms with van der Waals surface area (Å²) in [6.07, 6.45) is 0. The van der Waals surface area contributed by atoms with Crippen LogP contribution < -0.4 is 16.8 Å². The van der Waals surface area contributed by atoms with Crippen molar-refractivity contribution in [3.05, 3.63) is 44.6 Å². The third-order valence-electron chi connectivity index (χ3n) is 3.00. The summed E-state index contributed by atoms with van der Waals surface area (Å²) in [5.41, 5.74) is 9.66. The Hall–Kier alpha value is -2.21. The molecule has 0 saturated heterocycles. The summed E-state index contributed by atoms with van der Waals surface area (Å²) in [5.74, 6) is -0.472. The van der Waals surface area contributed by atoms with Crippen LogP contribution in [-0.2, 0) is 6.54 Å². The number of nitrogens with two attached hydrogens (primary N) is 1. The van der Waals surface area contributed by atoms with Gasteiger partial charge in [0.05, 0.1) is 16.9 Å². The summed E-state index contributed by atoms with van der Waals surface area (Å²) in [7, 11) is 0. The minimum absolute atomic E-state index is 0.472. The second-order valence-corrected chi connectivity index (χ2v) is 5.33. The fraction of sp³-hybridized carbons (Fsp3) is 0.154. The predicted molar refractivity (Wildman–Crippen MR) is 77.6 cm³/mol. The highest BCUT2D eigenvalue weighted by Gasteiger charge is 2.07. The molecule has 3 rings (SSSR count). The van der Waals surface area contributed by atoms with Crippen LogP contribution in [0.2, 0.25) is 0 Å². The molecule has 0 aliphatic rings. The molecule has 4 N–H and O–H groups in total. The van der Waals surface area contributed by atoms with Gasteiger partial charge in [0.2, 0.25) is 0 Å². The third kappa shape index (κ3) is 2.22. The molecule has 2 heterocycles. The van der Waals surface area contributed by atoms with E-state index in [0.29, 0.717) is 23.3 Å². The van der Waals surface area contributed by atoms with Crippen molar-refractivity contribution in [1.29, 1.82) is 0 Å². The molecule has 0 atom stereocenters. The zero-order chi connectivity index (χ0) is 13.4. The highest BCUT2D eigenvalue weighted by molar-refractivity contribution is 7.10. The number of hydrogen-bond acceptors (Lipinski definition) is 5. The summed E-state index contributed by atoms with van der Waals surface area (Å²) in [5, 5.41) is 5.34. The molecule has 0 aliphatic heterocycles. The lowest BCUT2D eigenvalue weighted by molar-refractivity contribution is 0.555. The Kier molecular flexibility index (Phi) is 2.79. The maximum Gasteiger partial charge on any atom is 0.417 e. The van der Waals surface area contributed by atoms with Crippen LogP contribution in [0.15, 0.2) is 32.8 Å². The maximum absolute atomic E-state index is 11.1. The molecule has 1 aromatic carbocycles. The first-order valence-corrected chi connectivity index (χ1v) is 6.70. The Morgan fingerprint density at radius 3 is 3.05 bits per heavy atom. The molecule has 5 nitrogen and oxygen atoms in total. The lowest BCUT2D eigenvalue weighted by Gasteiger charge is -2.08. The maximum atomic E-state index is 11.1. The van der Waals surface area contributed by atoms with E-state index in [1.165, 1.54) is 10.4 Å². The van der Waals surface area contributed by atoms with Gasteiger partial charge in [0, 0.05) is 17.5 Å². The molecule has 0 radical (unpaired) electrons. The zero-order valence-corrected chi connectivity index (χ0v) is 11.1. The standard InChI is InChI=1S/C13H13N3O2S/c1-7-2-3-19-12(7)6-15-9-5-10-11(4-8(9)14)18-13(17)16-10/h2-5,15H,6,14H2,1H3,(H,16,17). The molecule has 0 fully saturated rings. The number of rotatable bonds is 3. The van der Waals surface area contributed by atoms with E-state index in [4.69, 9.17) is 10.2 Å². The number of H-pyrrole nitrogens is 1. The van der Waals surface area contributed by atoms with Gasteiger partial charge in [0.25, 0.3) is 0 Å². The van der Waals surface area contributed by atoms with Crippen LogP contribution in [-0.4, -0.2) is 4.98 Å². The summed E-state index contributed by atoms with van der Waals surface area (Å²) >= 11 is 1.70. The first kappa shape index (κ1) is 11.9. The first-order chi connectivity index (χ1) is 9.13. The molecule has 0 saturated carbocycles. The molecule has 0 bridgehead atoms. The molecule has 3 aromatic rings. The van der Waals surface area contributed by atoms with Crippen molar-refractivity contribution in [1.82, 2.24) is 4.98 Å². The van der Waals surface area contributed by atoms with E-state index in [0.717, 1.165) is 5.69 Å². The lowest BCUT2D eigenvalue weighted by Crippen LogP contribution is -2.02. The predicted octanol–water partition coefficient (Wildman–Crippen LogP) is 2.69. The quantitative estimate of drug-likeness (QED) is 0.642. The van der Waals surface area contributed by atoms with Crippen molar-refractivity contribution >= 4 is 33.8 Å². The van der Waals surface area contributed by atoms with Crippen LogP contribution in [0, 0.1) is 6.92 Å². The number of oxazole rings is 1. The van der Waals surface area contributed by atoms with Crippen LogP contribution in [0.5, 0.6) is 0 Å². The van der Waals surface area contributed by atoms with Crippen molar-refractivity contribution in [3.8, 4) is 0 Å². The molecular formula is C13H13N3O2S. The van der Waals surface area contributed by atoms with E-state index in [1.54, 1.807) is 23.5 Å². The van der Waals surface area contributed by atoms with Crippen molar-refractivity contribution < 1.29 is 4.42 Å². The van der Waals surface area contributed by atoms with Crippen molar-refractivity contribution in [2.45, 2.75) is 13.5 Å². The van der Waals surface area contributed by atoms with Gasteiger partial charge in [0.15, 0.2) is 5.58 Å². The van der Waals surface area contributed by atoms with E-state index in [2.05, 4.69) is 28.7 Å². The van der Waals surface area contributed by atoms with Crippen LogP contribution in [0.4, 0.5) is 11.4 Å². The van der Waals surface area contributed by atoms with Gasteiger partial charge in [-0.2, -0.15) is 0 Å². The molecule has 0 spiro atoms. The van der Waals surface area contributed by atoms with Crippen molar-refractivity contribution in [2.75, 3.05) is 11.1 Å². The SMILES string of the molecule is Cc1ccsc1CNc1cc2[nH]c(=O)oc2cc1N. The van der Waals surface area contributed by atoms with Gasteiger partial charge in [-0.15, -0.1) is 11.3 Å². The Labute approximate surface area is 113 Å². The van der Waals surface area contributed by atoms with Gasteiger partial charge < -0.3 is 15.5 Å². The van der Waals surface area contributed by atoms with E-state index < -0.39 is 5.76 Å². The normalized spacial score (nSPS) is 11.0. The number of fused-ring (bicyclic) bond motifs is 1. The first-order valence-electron chi connectivity index (χ1n) is 5.82. The Bertz CT molecular complexity index is 785. The van der Waals surface area contributed by atoms with Crippen LogP contribution in [0.25, 0.3) is 11.1 Å². The van der Waals surface area contributed by atoms with E-state index in [1.807, 2.05) is 0 Å². The molecule has 0 aliphatic carbocycles. The molecule has 0 unspecified atom stereocenters. The Morgan fingerprint density at radius 2 is 2.32 bits per heavy atom. The van der Waals surface area contributed by atoms with Crippen molar-refractivity contribution in [2.24, 2.45) is 0 Å². The van der Waals surface area contributed by atoms with Gasteiger partial charge >= 0.3 is 5.76 Å². The Morgan fingerprint density at radius 1 is 1.47 bits per heavy atom. The van der Waals surface area contributed by atoms with Gasteiger partial charge in [0.1, 0.15) is 0 Å². The number of hydrogen-bond donors (Lipinski definition) is 3. The topological polar surface area (TPSA) is 84.0 Å². The average Bonchev–Trinajstić information content (AvgIpc) is 2.91. The summed E-state index contributed by atoms with van der Waals surface area (Å²) < 4.78 is 4.96. The zero-order valence-electron chi connectivity index (χ0n) is 10.3. The smallest absolute Gasteiger partial charge is 0.408 e. The monoisotopic (exact) mass is 275 g/mol. The highest BCUT2D eigenvalue weighted by Crippen LogP contribution is 2.26. The highest BCUT2D eigenvalue weighted by atomic mass is 32.1. The fourth-order valence-electron chi connectivity index (χ4n) is 1.93. The Balaban J connectivity index is 1.90. The van der Waals surface area contributed by atoms with Crippen LogP contribution >= 0.6 is 11.3 Å². The van der Waals surface area contributed by atoms with Crippen LogP contribution in [0.3, 0.4) is 0 Å². The third-order valence-corrected chi connectivity index (χ3v) is 4.02. The van der Waals surface area contributed by atoms with Crippen molar-refractivity contribution in [3.63, 3.8) is 0 Å². The average molecular weight is 275 g/mol. The molecule has 98 valence electrons. The van der Waals surface area contributed by atoms with Gasteiger partial charge in [-0.3, -0.25) is 4.98 Å². The number of thiophene rings is 1. The summed E-state index contributed by atoms with van der Waals surface area (Å²) in [6.45, 7) is 2.79. The largest absolute Gasteiger partial charge is 0.417 e. The molecule has 19 heavy (non-hydrogen) atoms. The fourth-order valence-corrected chi connectivity index (χ4v) is 2.77. The number of aryl methyl sites for hydroxylation is 1. The number of anilines is 2. The number of benzene rings is 1. The summed E-state index contributed by atoms with van der Waals surface area (Å²) in [4.78, 5) is 15.0. The van der Waals surface area contributed by atoms with Crippen LogP contribution in [0.1, 0.15) is 10.4 Å². The molecular weight excluding hydrogens is 262 g/mol. The van der Waals surface area contributed by atoms with Gasteiger partial charge in [-0.1, -0.05) is 0 Å². The lowest BCUT2D eigenvalue weighted by atomic mass is 10.2. The number of nitrogen functional groups attached to an aromatic ring is 1. The molecule has 0 amide bonds. The molecule has 2 aromatic heterocycles. The van der Waals surface area contributed by atoms with Gasteiger partial charge in [-0.05, 0) is 30.0 Å². The number of nitrogens with one attached hydrogen (secondary N) is 2. The summed E-state index contributed by atoms with van der Waals surface area (Å²) in [6, 6.07) is 5.52. The second kappa shape index (κ2) is 4.47.